The van der Waals surface area contributed by atoms with Crippen LogP contribution in [0.25, 0.3) is 0 Å². The Morgan fingerprint density at radius 2 is 2.05 bits per heavy atom. The molecule has 0 radical (unpaired) electrons. The smallest absolute Gasteiger partial charge is 0.208 e. The van der Waals surface area contributed by atoms with Gasteiger partial charge in [0.2, 0.25) is 5.16 Å². The average Bonchev–Trinajstić information content (AvgIpc) is 2.93. The molecule has 0 spiro atoms. The number of hydrogen-bond donors (Lipinski definition) is 1. The fourth-order valence-corrected chi connectivity index (χ4v) is 3.32. The predicted molar refractivity (Wildman–Crippen MR) is 80.5 cm³/mol. The number of aromatic amines is 1. The lowest BCUT2D eigenvalue weighted by Crippen LogP contribution is -2.15. The van der Waals surface area contributed by atoms with E-state index in [2.05, 4.69) is 31.1 Å². The van der Waals surface area contributed by atoms with Crippen molar-refractivity contribution >= 4 is 27.7 Å². The zero-order valence-electron chi connectivity index (χ0n) is 11.0. The number of nitrogens with one attached hydrogen (secondary N) is 1. The van der Waals surface area contributed by atoms with E-state index < -0.39 is 0 Å². The van der Waals surface area contributed by atoms with Crippen molar-refractivity contribution in [2.75, 3.05) is 13.2 Å². The number of ether oxygens (including phenoxy) is 2. The van der Waals surface area contributed by atoms with E-state index >= 15 is 0 Å². The van der Waals surface area contributed by atoms with Crippen LogP contribution in [0.4, 0.5) is 0 Å². The van der Waals surface area contributed by atoms with Crippen LogP contribution in [-0.2, 0) is 12.2 Å². The van der Waals surface area contributed by atoms with Crippen LogP contribution in [0, 0.1) is 0 Å². The summed E-state index contributed by atoms with van der Waals surface area (Å²) in [5, 5.41) is 7.86. The summed E-state index contributed by atoms with van der Waals surface area (Å²) in [5.41, 5.74) is 1.14. The van der Waals surface area contributed by atoms with E-state index in [1.807, 2.05) is 19.1 Å². The molecule has 1 aliphatic heterocycles. The Kier molecular flexibility index (Phi) is 4.16. The molecule has 106 valence electrons. The summed E-state index contributed by atoms with van der Waals surface area (Å²) >= 11 is 5.17. The number of thioether (sulfide) groups is 1. The second-order valence-corrected chi connectivity index (χ2v) is 6.09. The fraction of sp³-hybridized carbons (Fsp3) is 0.385. The minimum atomic E-state index is 0.599. The minimum Gasteiger partial charge on any atom is -0.486 e. The van der Waals surface area contributed by atoms with Gasteiger partial charge in [0.05, 0.1) is 0 Å². The number of hydrogen-bond acceptors (Lipinski definition) is 5. The third-order valence-corrected chi connectivity index (χ3v) is 4.55. The van der Waals surface area contributed by atoms with E-state index in [-0.39, 0.29) is 0 Å². The Balaban J connectivity index is 1.73. The highest BCUT2D eigenvalue weighted by atomic mass is 79.9. The molecule has 3 rings (SSSR count). The normalized spacial score (nSPS) is 13.5. The van der Waals surface area contributed by atoms with E-state index in [0.717, 1.165) is 44.7 Å². The maximum absolute atomic E-state index is 5.60. The van der Waals surface area contributed by atoms with E-state index in [1.165, 1.54) is 0 Å². The molecule has 5 nitrogen and oxygen atoms in total. The highest BCUT2D eigenvalue weighted by Gasteiger charge is 2.15. The topological polar surface area (TPSA) is 60.0 Å². The number of fused-ring (bicyclic) bond motifs is 1. The van der Waals surface area contributed by atoms with Crippen molar-refractivity contribution in [2.45, 2.75) is 24.3 Å². The predicted octanol–water partition coefficient (Wildman–Crippen LogP) is 3.19. The first-order chi connectivity index (χ1) is 9.76. The number of rotatable bonds is 4. The largest absolute Gasteiger partial charge is 0.486 e. The number of aryl methyl sites for hydroxylation is 1. The summed E-state index contributed by atoms with van der Waals surface area (Å²) in [6, 6.07) is 3.97. The quantitative estimate of drug-likeness (QED) is 0.853. The van der Waals surface area contributed by atoms with Crippen LogP contribution in [0.15, 0.2) is 21.8 Å². The van der Waals surface area contributed by atoms with E-state index in [9.17, 15) is 0 Å². The van der Waals surface area contributed by atoms with Crippen LogP contribution < -0.4 is 9.47 Å². The molecular weight excluding hydrogens is 342 g/mol. The molecule has 7 heteroatoms. The van der Waals surface area contributed by atoms with Crippen molar-refractivity contribution in [3.05, 3.63) is 28.0 Å². The number of benzene rings is 1. The van der Waals surface area contributed by atoms with Gasteiger partial charge in [-0.3, -0.25) is 5.10 Å². The average molecular weight is 356 g/mol. The van der Waals surface area contributed by atoms with Gasteiger partial charge in [0.1, 0.15) is 19.0 Å². The zero-order chi connectivity index (χ0) is 13.9. The lowest BCUT2D eigenvalue weighted by Gasteiger charge is -2.19. The lowest BCUT2D eigenvalue weighted by atomic mass is 10.2. The van der Waals surface area contributed by atoms with Crippen molar-refractivity contribution in [3.63, 3.8) is 0 Å². The second-order valence-electron chi connectivity index (χ2n) is 4.29. The first-order valence-electron chi connectivity index (χ1n) is 6.38. The van der Waals surface area contributed by atoms with Crippen LogP contribution in [0.3, 0.4) is 0 Å². The standard InChI is InChI=1S/C13H14BrN3O2S/c1-2-12-15-13(17-16-12)20-7-8-5-10-11(6-9(8)14)19-4-3-18-10/h5-6H,2-4,7H2,1H3,(H,15,16,17). The van der Waals surface area contributed by atoms with Gasteiger partial charge in [-0.2, -0.15) is 0 Å². The summed E-state index contributed by atoms with van der Waals surface area (Å²) in [7, 11) is 0. The highest BCUT2D eigenvalue weighted by Crippen LogP contribution is 2.37. The van der Waals surface area contributed by atoms with Crippen LogP contribution in [0.1, 0.15) is 18.3 Å². The molecule has 1 aromatic heterocycles. The second kappa shape index (κ2) is 6.05. The molecule has 0 aliphatic carbocycles. The van der Waals surface area contributed by atoms with Gasteiger partial charge in [0.25, 0.3) is 0 Å². The molecule has 0 saturated heterocycles. The molecular formula is C13H14BrN3O2S. The van der Waals surface area contributed by atoms with Gasteiger partial charge in [-0.1, -0.05) is 34.6 Å². The molecule has 0 fully saturated rings. The molecule has 2 aromatic rings. The van der Waals surface area contributed by atoms with Crippen LogP contribution in [0.2, 0.25) is 0 Å². The molecule has 0 atom stereocenters. The molecule has 0 unspecified atom stereocenters. The number of nitrogens with zero attached hydrogens (tertiary/aromatic N) is 2. The molecule has 1 aliphatic rings. The number of aromatic nitrogens is 3. The van der Waals surface area contributed by atoms with Gasteiger partial charge in [-0.15, -0.1) is 5.10 Å². The third-order valence-electron chi connectivity index (χ3n) is 2.91. The van der Waals surface area contributed by atoms with Crippen molar-refractivity contribution in [1.82, 2.24) is 15.2 Å². The van der Waals surface area contributed by atoms with Crippen molar-refractivity contribution in [2.24, 2.45) is 0 Å². The maximum atomic E-state index is 5.60. The minimum absolute atomic E-state index is 0.599. The first-order valence-corrected chi connectivity index (χ1v) is 8.16. The van der Waals surface area contributed by atoms with Gasteiger partial charge in [0.15, 0.2) is 11.5 Å². The van der Waals surface area contributed by atoms with Gasteiger partial charge in [-0.05, 0) is 17.7 Å². The number of halogens is 1. The van der Waals surface area contributed by atoms with Crippen molar-refractivity contribution < 1.29 is 9.47 Å². The monoisotopic (exact) mass is 355 g/mol. The Hall–Kier alpha value is -1.21. The molecule has 1 N–H and O–H groups in total. The van der Waals surface area contributed by atoms with Crippen molar-refractivity contribution in [3.8, 4) is 11.5 Å². The Morgan fingerprint density at radius 3 is 2.75 bits per heavy atom. The Morgan fingerprint density at radius 1 is 1.30 bits per heavy atom. The first kappa shape index (κ1) is 13.8. The Bertz CT molecular complexity index is 618. The summed E-state index contributed by atoms with van der Waals surface area (Å²) in [5.74, 6) is 3.29. The van der Waals surface area contributed by atoms with E-state index in [1.54, 1.807) is 11.8 Å². The SMILES string of the molecule is CCc1nc(SCc2cc3c(cc2Br)OCCO3)n[nH]1. The molecule has 20 heavy (non-hydrogen) atoms. The van der Waals surface area contributed by atoms with Gasteiger partial charge < -0.3 is 9.47 Å². The zero-order valence-corrected chi connectivity index (χ0v) is 13.4. The third kappa shape index (κ3) is 2.93. The summed E-state index contributed by atoms with van der Waals surface area (Å²) in [6.07, 6.45) is 0.862. The van der Waals surface area contributed by atoms with Crippen LogP contribution in [0.5, 0.6) is 11.5 Å². The van der Waals surface area contributed by atoms with Crippen molar-refractivity contribution in [1.29, 1.82) is 0 Å². The van der Waals surface area contributed by atoms with Gasteiger partial charge in [0, 0.05) is 16.6 Å². The fourth-order valence-electron chi connectivity index (χ4n) is 1.86. The maximum Gasteiger partial charge on any atom is 0.208 e. The molecule has 0 amide bonds. The summed E-state index contributed by atoms with van der Waals surface area (Å²) in [4.78, 5) is 4.39. The molecule has 1 aromatic carbocycles. The van der Waals surface area contributed by atoms with E-state index in [4.69, 9.17) is 9.47 Å². The number of H-pyrrole nitrogens is 1. The highest BCUT2D eigenvalue weighted by molar-refractivity contribution is 9.10. The molecule has 0 saturated carbocycles. The van der Waals surface area contributed by atoms with Gasteiger partial charge >= 0.3 is 0 Å². The van der Waals surface area contributed by atoms with Gasteiger partial charge in [-0.25, -0.2) is 4.98 Å². The lowest BCUT2D eigenvalue weighted by molar-refractivity contribution is 0.171. The molecule has 0 bridgehead atoms. The summed E-state index contributed by atoms with van der Waals surface area (Å²) < 4.78 is 12.2. The van der Waals surface area contributed by atoms with Crippen LogP contribution >= 0.6 is 27.7 Å². The van der Waals surface area contributed by atoms with E-state index in [0.29, 0.717) is 13.2 Å². The van der Waals surface area contributed by atoms with Crippen LogP contribution in [-0.4, -0.2) is 28.4 Å². The summed E-state index contributed by atoms with van der Waals surface area (Å²) in [6.45, 7) is 3.25. The Labute approximate surface area is 129 Å². The molecule has 2 heterocycles.